The smallest absolute Gasteiger partial charge is 0.236 e. The Kier molecular flexibility index (Phi) is 3.55. The molecule has 0 aromatic carbocycles. The summed E-state index contributed by atoms with van der Waals surface area (Å²) in [6.07, 6.45) is 2.23. The van der Waals surface area contributed by atoms with Crippen LogP contribution in [0.1, 0.15) is 12.8 Å². The van der Waals surface area contributed by atoms with Gasteiger partial charge < -0.3 is 4.90 Å². The number of carbonyl (C=O) groups excluding carboxylic acids is 1. The van der Waals surface area contributed by atoms with Gasteiger partial charge in [0, 0.05) is 13.1 Å². The van der Waals surface area contributed by atoms with Crippen molar-refractivity contribution in [3.05, 3.63) is 0 Å². The molecule has 1 heterocycles. The van der Waals surface area contributed by atoms with E-state index in [2.05, 4.69) is 5.32 Å². The first-order valence-electron chi connectivity index (χ1n) is 4.20. The SMILES string of the molecule is N#CCNCC(=O)N1CCCC1. The van der Waals surface area contributed by atoms with E-state index >= 15 is 0 Å². The molecule has 0 radical (unpaired) electrons. The second kappa shape index (κ2) is 4.73. The number of rotatable bonds is 3. The van der Waals surface area contributed by atoms with Crippen molar-refractivity contribution in [3.8, 4) is 6.07 Å². The molecule has 66 valence electrons. The fraction of sp³-hybridized carbons (Fsp3) is 0.750. The van der Waals surface area contributed by atoms with Crippen molar-refractivity contribution in [2.75, 3.05) is 26.2 Å². The summed E-state index contributed by atoms with van der Waals surface area (Å²) >= 11 is 0. The van der Waals surface area contributed by atoms with Gasteiger partial charge >= 0.3 is 0 Å². The highest BCUT2D eigenvalue weighted by molar-refractivity contribution is 5.78. The molecule has 0 saturated carbocycles. The molecule has 1 amide bonds. The minimum atomic E-state index is 0.114. The molecule has 0 atom stereocenters. The van der Waals surface area contributed by atoms with Crippen LogP contribution in [0.5, 0.6) is 0 Å². The molecule has 1 aliphatic heterocycles. The zero-order valence-corrected chi connectivity index (χ0v) is 7.05. The lowest BCUT2D eigenvalue weighted by Crippen LogP contribution is -2.36. The van der Waals surface area contributed by atoms with E-state index in [-0.39, 0.29) is 12.5 Å². The molecule has 12 heavy (non-hydrogen) atoms. The van der Waals surface area contributed by atoms with Gasteiger partial charge in [-0.05, 0) is 12.8 Å². The molecule has 4 heteroatoms. The largest absolute Gasteiger partial charge is 0.342 e. The van der Waals surface area contributed by atoms with Gasteiger partial charge in [0.2, 0.25) is 5.91 Å². The van der Waals surface area contributed by atoms with Gasteiger partial charge in [0.25, 0.3) is 0 Å². The van der Waals surface area contributed by atoms with Crippen LogP contribution in [0.2, 0.25) is 0 Å². The minimum Gasteiger partial charge on any atom is -0.342 e. The summed E-state index contributed by atoms with van der Waals surface area (Å²) in [6, 6.07) is 1.93. The highest BCUT2D eigenvalue weighted by Crippen LogP contribution is 2.06. The lowest BCUT2D eigenvalue weighted by Gasteiger charge is -2.14. The van der Waals surface area contributed by atoms with Crippen LogP contribution in [-0.4, -0.2) is 37.0 Å². The van der Waals surface area contributed by atoms with Crippen LogP contribution in [0, 0.1) is 11.3 Å². The van der Waals surface area contributed by atoms with Crippen LogP contribution in [0.25, 0.3) is 0 Å². The monoisotopic (exact) mass is 167 g/mol. The van der Waals surface area contributed by atoms with Crippen LogP contribution < -0.4 is 5.32 Å². The molecule has 0 unspecified atom stereocenters. The van der Waals surface area contributed by atoms with Crippen LogP contribution in [0.3, 0.4) is 0 Å². The van der Waals surface area contributed by atoms with E-state index in [4.69, 9.17) is 5.26 Å². The number of hydrogen-bond donors (Lipinski definition) is 1. The van der Waals surface area contributed by atoms with Crippen molar-refractivity contribution in [1.29, 1.82) is 5.26 Å². The summed E-state index contributed by atoms with van der Waals surface area (Å²) < 4.78 is 0. The fourth-order valence-electron chi connectivity index (χ4n) is 1.30. The number of nitrogens with zero attached hydrogens (tertiary/aromatic N) is 2. The zero-order valence-electron chi connectivity index (χ0n) is 7.05. The number of likely N-dealkylation sites (tertiary alicyclic amines) is 1. The van der Waals surface area contributed by atoms with Crippen LogP contribution in [0.15, 0.2) is 0 Å². The molecule has 0 aromatic rings. The Balaban J connectivity index is 2.15. The number of nitriles is 1. The number of hydrogen-bond acceptors (Lipinski definition) is 3. The Morgan fingerprint density at radius 1 is 1.50 bits per heavy atom. The predicted octanol–water partition coefficient (Wildman–Crippen LogP) is -0.278. The molecular weight excluding hydrogens is 154 g/mol. The molecule has 1 fully saturated rings. The average Bonchev–Trinajstić information content (AvgIpc) is 2.56. The van der Waals surface area contributed by atoms with Crippen molar-refractivity contribution in [3.63, 3.8) is 0 Å². The average molecular weight is 167 g/mol. The van der Waals surface area contributed by atoms with Crippen LogP contribution in [-0.2, 0) is 4.79 Å². The Labute approximate surface area is 72.2 Å². The van der Waals surface area contributed by atoms with Gasteiger partial charge in [-0.2, -0.15) is 5.26 Å². The molecule has 4 nitrogen and oxygen atoms in total. The molecule has 0 bridgehead atoms. The Hall–Kier alpha value is -1.08. The highest BCUT2D eigenvalue weighted by Gasteiger charge is 2.16. The normalized spacial score (nSPS) is 16.1. The predicted molar refractivity (Wildman–Crippen MR) is 44.3 cm³/mol. The summed E-state index contributed by atoms with van der Waals surface area (Å²) in [4.78, 5) is 13.1. The first-order valence-corrected chi connectivity index (χ1v) is 4.20. The second-order valence-electron chi connectivity index (χ2n) is 2.85. The van der Waals surface area contributed by atoms with Crippen molar-refractivity contribution >= 4 is 5.91 Å². The Bertz CT molecular complexity index is 191. The van der Waals surface area contributed by atoms with Crippen LogP contribution in [0.4, 0.5) is 0 Å². The third-order valence-corrected chi connectivity index (χ3v) is 1.94. The number of carbonyl (C=O) groups is 1. The number of amides is 1. The fourth-order valence-corrected chi connectivity index (χ4v) is 1.30. The number of nitrogens with one attached hydrogen (secondary N) is 1. The third kappa shape index (κ3) is 2.51. The summed E-state index contributed by atoms with van der Waals surface area (Å²) in [5.74, 6) is 0.114. The third-order valence-electron chi connectivity index (χ3n) is 1.94. The maximum absolute atomic E-state index is 11.3. The first-order chi connectivity index (χ1) is 5.84. The molecular formula is C8H13N3O. The van der Waals surface area contributed by atoms with Gasteiger partial charge in [-0.15, -0.1) is 0 Å². The van der Waals surface area contributed by atoms with Crippen LogP contribution >= 0.6 is 0 Å². The van der Waals surface area contributed by atoms with Gasteiger partial charge in [0.15, 0.2) is 0 Å². The van der Waals surface area contributed by atoms with E-state index in [1.54, 1.807) is 0 Å². The molecule has 0 aliphatic carbocycles. The van der Waals surface area contributed by atoms with E-state index in [0.29, 0.717) is 6.54 Å². The quantitative estimate of drug-likeness (QED) is 0.464. The van der Waals surface area contributed by atoms with Gasteiger partial charge in [0.05, 0.1) is 19.2 Å². The minimum absolute atomic E-state index is 0.114. The summed E-state index contributed by atoms with van der Waals surface area (Å²) in [6.45, 7) is 2.31. The maximum atomic E-state index is 11.3. The van der Waals surface area contributed by atoms with E-state index in [0.717, 1.165) is 25.9 Å². The van der Waals surface area contributed by atoms with Gasteiger partial charge in [-0.3, -0.25) is 10.1 Å². The lowest BCUT2D eigenvalue weighted by atomic mass is 10.4. The van der Waals surface area contributed by atoms with Gasteiger partial charge in [0.1, 0.15) is 0 Å². The zero-order chi connectivity index (χ0) is 8.81. The molecule has 1 aliphatic rings. The van der Waals surface area contributed by atoms with Gasteiger partial charge in [-0.25, -0.2) is 0 Å². The first kappa shape index (κ1) is 9.01. The molecule has 1 N–H and O–H groups in total. The standard InChI is InChI=1S/C8H13N3O/c9-3-4-10-7-8(12)11-5-1-2-6-11/h10H,1-2,4-7H2. The molecule has 0 spiro atoms. The van der Waals surface area contributed by atoms with E-state index in [1.807, 2.05) is 11.0 Å². The summed E-state index contributed by atoms with van der Waals surface area (Å²) in [7, 11) is 0. The van der Waals surface area contributed by atoms with Crippen molar-refractivity contribution in [2.45, 2.75) is 12.8 Å². The highest BCUT2D eigenvalue weighted by atomic mass is 16.2. The second-order valence-corrected chi connectivity index (χ2v) is 2.85. The lowest BCUT2D eigenvalue weighted by molar-refractivity contribution is -0.129. The Morgan fingerprint density at radius 2 is 2.17 bits per heavy atom. The van der Waals surface area contributed by atoms with Crippen molar-refractivity contribution in [1.82, 2.24) is 10.2 Å². The van der Waals surface area contributed by atoms with Gasteiger partial charge in [-0.1, -0.05) is 0 Å². The van der Waals surface area contributed by atoms with Crippen molar-refractivity contribution in [2.24, 2.45) is 0 Å². The molecule has 1 saturated heterocycles. The topological polar surface area (TPSA) is 56.1 Å². The molecule has 0 aromatic heterocycles. The summed E-state index contributed by atoms with van der Waals surface area (Å²) in [5.41, 5.74) is 0. The van der Waals surface area contributed by atoms with E-state index in [9.17, 15) is 4.79 Å². The van der Waals surface area contributed by atoms with Crippen molar-refractivity contribution < 1.29 is 4.79 Å². The van der Waals surface area contributed by atoms with E-state index < -0.39 is 0 Å². The van der Waals surface area contributed by atoms with E-state index in [1.165, 1.54) is 0 Å². The maximum Gasteiger partial charge on any atom is 0.236 e. The Morgan fingerprint density at radius 3 is 2.75 bits per heavy atom. The molecule has 1 rings (SSSR count). The summed E-state index contributed by atoms with van der Waals surface area (Å²) in [5, 5.41) is 11.0.